The maximum atomic E-state index is 12.5. The van der Waals surface area contributed by atoms with Gasteiger partial charge in [-0.3, -0.25) is 9.59 Å². The van der Waals surface area contributed by atoms with Gasteiger partial charge in [-0.25, -0.2) is 9.48 Å². The summed E-state index contributed by atoms with van der Waals surface area (Å²) in [5.74, 6) is -0.806. The standard InChI is InChI=1S/C29H34N4O5/c1-4-37-28(35)15-14-27(34)32-18-16-31(17-19-32)23-12-10-22(11-13-23)26-20-24(29(36)38-5-2)30-33(26)25-9-7-6-8-21(25)3/h6-13,20H,4-5,14-19H2,1-3H3. The van der Waals surface area contributed by atoms with Gasteiger partial charge in [-0.2, -0.15) is 5.10 Å². The van der Waals surface area contributed by atoms with E-state index in [0.717, 1.165) is 28.2 Å². The van der Waals surface area contributed by atoms with Gasteiger partial charge in [0.05, 0.1) is 31.0 Å². The summed E-state index contributed by atoms with van der Waals surface area (Å²) in [7, 11) is 0. The van der Waals surface area contributed by atoms with Crippen molar-refractivity contribution in [2.24, 2.45) is 0 Å². The molecule has 1 saturated heterocycles. The third-order valence-electron chi connectivity index (χ3n) is 6.55. The summed E-state index contributed by atoms with van der Waals surface area (Å²) in [5, 5.41) is 4.57. The van der Waals surface area contributed by atoms with Crippen LogP contribution in [0.4, 0.5) is 5.69 Å². The second-order valence-electron chi connectivity index (χ2n) is 9.05. The summed E-state index contributed by atoms with van der Waals surface area (Å²) in [6.07, 6.45) is 0.293. The number of para-hydroxylation sites is 1. The van der Waals surface area contributed by atoms with Gasteiger partial charge in [0.25, 0.3) is 0 Å². The number of ether oxygens (including phenoxy) is 2. The highest BCUT2D eigenvalue weighted by molar-refractivity contribution is 5.89. The molecule has 9 heteroatoms. The fourth-order valence-electron chi connectivity index (χ4n) is 4.53. The lowest BCUT2D eigenvalue weighted by Crippen LogP contribution is -2.48. The Labute approximate surface area is 222 Å². The molecule has 1 aromatic heterocycles. The first-order valence-corrected chi connectivity index (χ1v) is 13.0. The lowest BCUT2D eigenvalue weighted by atomic mass is 10.1. The zero-order chi connectivity index (χ0) is 27.1. The van der Waals surface area contributed by atoms with E-state index < -0.39 is 5.97 Å². The number of nitrogens with zero attached hydrogens (tertiary/aromatic N) is 4. The van der Waals surface area contributed by atoms with E-state index in [1.165, 1.54) is 0 Å². The van der Waals surface area contributed by atoms with Gasteiger partial charge in [-0.1, -0.05) is 30.3 Å². The van der Waals surface area contributed by atoms with Crippen molar-refractivity contribution in [2.45, 2.75) is 33.6 Å². The Morgan fingerprint density at radius 3 is 2.21 bits per heavy atom. The number of piperazine rings is 1. The molecule has 1 amide bonds. The van der Waals surface area contributed by atoms with Crippen molar-refractivity contribution in [2.75, 3.05) is 44.3 Å². The Balaban J connectivity index is 1.47. The summed E-state index contributed by atoms with van der Waals surface area (Å²) in [5.41, 5.74) is 4.97. The number of carbonyl (C=O) groups excluding carboxylic acids is 3. The molecule has 9 nitrogen and oxygen atoms in total. The number of hydrogen-bond donors (Lipinski definition) is 0. The van der Waals surface area contributed by atoms with Crippen LogP contribution in [-0.2, 0) is 19.1 Å². The van der Waals surface area contributed by atoms with Crippen LogP contribution in [0.25, 0.3) is 16.9 Å². The maximum absolute atomic E-state index is 12.5. The molecule has 0 saturated carbocycles. The molecule has 1 fully saturated rings. The van der Waals surface area contributed by atoms with Gasteiger partial charge in [-0.05, 0) is 50.6 Å². The van der Waals surface area contributed by atoms with Crippen molar-refractivity contribution in [1.29, 1.82) is 0 Å². The quantitative estimate of drug-likeness (QED) is 0.395. The third kappa shape index (κ3) is 6.22. The highest BCUT2D eigenvalue weighted by atomic mass is 16.5. The van der Waals surface area contributed by atoms with Gasteiger partial charge in [0.1, 0.15) is 0 Å². The van der Waals surface area contributed by atoms with Crippen LogP contribution in [0, 0.1) is 6.92 Å². The lowest BCUT2D eigenvalue weighted by molar-refractivity contribution is -0.145. The van der Waals surface area contributed by atoms with Crippen LogP contribution in [0.5, 0.6) is 0 Å². The summed E-state index contributed by atoms with van der Waals surface area (Å²) in [4.78, 5) is 40.5. The highest BCUT2D eigenvalue weighted by Crippen LogP contribution is 2.28. The fraction of sp³-hybridized carbons (Fsp3) is 0.379. The van der Waals surface area contributed by atoms with E-state index in [1.807, 2.05) is 60.4 Å². The third-order valence-corrected chi connectivity index (χ3v) is 6.55. The molecule has 1 aliphatic heterocycles. The first kappa shape index (κ1) is 26.9. The molecular weight excluding hydrogens is 484 g/mol. The van der Waals surface area contributed by atoms with Crippen LogP contribution in [0.15, 0.2) is 54.6 Å². The number of hydrogen-bond acceptors (Lipinski definition) is 7. The molecule has 3 aromatic rings. The van der Waals surface area contributed by atoms with Crippen LogP contribution in [0.3, 0.4) is 0 Å². The number of rotatable bonds is 9. The van der Waals surface area contributed by atoms with Crippen LogP contribution in [0.1, 0.15) is 42.7 Å². The largest absolute Gasteiger partial charge is 0.466 e. The van der Waals surface area contributed by atoms with E-state index in [4.69, 9.17) is 9.47 Å². The minimum Gasteiger partial charge on any atom is -0.466 e. The van der Waals surface area contributed by atoms with Crippen molar-refractivity contribution in [3.63, 3.8) is 0 Å². The molecule has 0 spiro atoms. The molecule has 0 aliphatic carbocycles. The Kier molecular flexibility index (Phi) is 8.78. The number of esters is 2. The van der Waals surface area contributed by atoms with E-state index in [0.29, 0.717) is 32.8 Å². The SMILES string of the molecule is CCOC(=O)CCC(=O)N1CCN(c2ccc(-c3cc(C(=O)OCC)nn3-c3ccccc3C)cc2)CC1. The van der Waals surface area contributed by atoms with Crippen molar-refractivity contribution in [3.05, 3.63) is 65.9 Å². The van der Waals surface area contributed by atoms with Gasteiger partial charge >= 0.3 is 11.9 Å². The van der Waals surface area contributed by atoms with Gasteiger partial charge in [-0.15, -0.1) is 0 Å². The minimum atomic E-state index is -0.452. The first-order chi connectivity index (χ1) is 18.4. The smallest absolute Gasteiger partial charge is 0.358 e. The van der Waals surface area contributed by atoms with Gasteiger partial charge in [0.2, 0.25) is 5.91 Å². The summed E-state index contributed by atoms with van der Waals surface area (Å²) in [6.45, 7) is 8.76. The van der Waals surface area contributed by atoms with Crippen LogP contribution in [0.2, 0.25) is 0 Å². The fourth-order valence-corrected chi connectivity index (χ4v) is 4.53. The van der Waals surface area contributed by atoms with E-state index >= 15 is 0 Å². The van der Waals surface area contributed by atoms with E-state index in [-0.39, 0.29) is 37.0 Å². The monoisotopic (exact) mass is 518 g/mol. The molecule has 200 valence electrons. The second kappa shape index (κ2) is 12.4. The summed E-state index contributed by atoms with van der Waals surface area (Å²) >= 11 is 0. The number of anilines is 1. The minimum absolute atomic E-state index is 0.0186. The predicted molar refractivity (Wildman–Crippen MR) is 144 cm³/mol. The van der Waals surface area contributed by atoms with Crippen molar-refractivity contribution < 1.29 is 23.9 Å². The normalized spacial score (nSPS) is 13.3. The van der Waals surface area contributed by atoms with Gasteiger partial charge in [0.15, 0.2) is 5.69 Å². The number of benzene rings is 2. The van der Waals surface area contributed by atoms with E-state index in [2.05, 4.69) is 10.00 Å². The number of amides is 1. The molecule has 2 aromatic carbocycles. The van der Waals surface area contributed by atoms with Crippen LogP contribution in [-0.4, -0.2) is 71.9 Å². The summed E-state index contributed by atoms with van der Waals surface area (Å²) in [6, 6.07) is 17.8. The van der Waals surface area contributed by atoms with Crippen molar-refractivity contribution in [3.8, 4) is 16.9 Å². The van der Waals surface area contributed by atoms with Crippen molar-refractivity contribution >= 4 is 23.5 Å². The predicted octanol–water partition coefficient (Wildman–Crippen LogP) is 4.02. The molecule has 0 atom stereocenters. The Hall–Kier alpha value is -4.14. The Morgan fingerprint density at radius 1 is 0.868 bits per heavy atom. The number of aryl methyl sites for hydroxylation is 1. The van der Waals surface area contributed by atoms with Crippen LogP contribution < -0.4 is 4.90 Å². The van der Waals surface area contributed by atoms with E-state index in [9.17, 15) is 14.4 Å². The maximum Gasteiger partial charge on any atom is 0.358 e. The molecule has 0 radical (unpaired) electrons. The first-order valence-electron chi connectivity index (χ1n) is 13.0. The second-order valence-corrected chi connectivity index (χ2v) is 9.05. The van der Waals surface area contributed by atoms with Crippen LogP contribution >= 0.6 is 0 Å². The Morgan fingerprint density at radius 2 is 1.55 bits per heavy atom. The molecule has 0 bridgehead atoms. The number of aromatic nitrogens is 2. The van der Waals surface area contributed by atoms with Gasteiger partial charge < -0.3 is 19.3 Å². The Bertz CT molecular complexity index is 1280. The average Bonchev–Trinajstić information content (AvgIpc) is 3.38. The summed E-state index contributed by atoms with van der Waals surface area (Å²) < 4.78 is 11.9. The lowest BCUT2D eigenvalue weighted by Gasteiger charge is -2.36. The topological polar surface area (TPSA) is 94.0 Å². The van der Waals surface area contributed by atoms with Crippen molar-refractivity contribution in [1.82, 2.24) is 14.7 Å². The zero-order valence-corrected chi connectivity index (χ0v) is 22.2. The molecule has 1 aliphatic rings. The average molecular weight is 519 g/mol. The molecule has 2 heterocycles. The molecule has 38 heavy (non-hydrogen) atoms. The molecular formula is C29H34N4O5. The van der Waals surface area contributed by atoms with E-state index in [1.54, 1.807) is 24.6 Å². The number of carbonyl (C=O) groups is 3. The molecule has 0 N–H and O–H groups in total. The zero-order valence-electron chi connectivity index (χ0n) is 22.2. The molecule has 0 unspecified atom stereocenters. The molecule has 4 rings (SSSR count). The highest BCUT2D eigenvalue weighted by Gasteiger charge is 2.23. The van der Waals surface area contributed by atoms with Gasteiger partial charge in [0, 0.05) is 43.9 Å².